The molecule has 1 fully saturated rings. The molecule has 1 heterocycles. The number of aryl methyl sites for hydroxylation is 1. The third kappa shape index (κ3) is 5.73. The van der Waals surface area contributed by atoms with Crippen LogP contribution in [0.15, 0.2) is 59.7 Å². The lowest BCUT2D eigenvalue weighted by Crippen LogP contribution is -2.54. The molecule has 1 aliphatic heterocycles. The smallest absolute Gasteiger partial charge is 0.231 e. The molecule has 0 spiro atoms. The maximum absolute atomic E-state index is 13.5. The molecular formula is C25H31FN4O2. The SMILES string of the molecule is Cc1ccc(N/C=C(/N=C2CN(C(=O)C(C)(C)CO)CCN2C)c2ccc(F)cc2)cc1. The van der Waals surface area contributed by atoms with Crippen LogP contribution in [0.4, 0.5) is 10.1 Å². The van der Waals surface area contributed by atoms with E-state index >= 15 is 0 Å². The molecule has 32 heavy (non-hydrogen) atoms. The highest BCUT2D eigenvalue weighted by molar-refractivity contribution is 5.94. The summed E-state index contributed by atoms with van der Waals surface area (Å²) in [7, 11) is 1.94. The Kier molecular flexibility index (Phi) is 7.30. The van der Waals surface area contributed by atoms with Crippen LogP contribution in [0.1, 0.15) is 25.0 Å². The maximum atomic E-state index is 13.5. The van der Waals surface area contributed by atoms with Gasteiger partial charge in [0.05, 0.1) is 24.3 Å². The van der Waals surface area contributed by atoms with Crippen molar-refractivity contribution in [3.63, 3.8) is 0 Å². The Labute approximate surface area is 189 Å². The monoisotopic (exact) mass is 438 g/mol. The average molecular weight is 439 g/mol. The van der Waals surface area contributed by atoms with E-state index in [9.17, 15) is 14.3 Å². The Hall–Kier alpha value is -3.19. The summed E-state index contributed by atoms with van der Waals surface area (Å²) >= 11 is 0. The first kappa shape index (κ1) is 23.5. The Bertz CT molecular complexity index is 998. The number of amidine groups is 1. The van der Waals surface area contributed by atoms with Crippen molar-refractivity contribution in [2.75, 3.05) is 38.6 Å². The van der Waals surface area contributed by atoms with Gasteiger partial charge >= 0.3 is 0 Å². The lowest BCUT2D eigenvalue weighted by atomic mass is 9.92. The molecule has 0 saturated carbocycles. The quantitative estimate of drug-likeness (QED) is 0.721. The van der Waals surface area contributed by atoms with Crippen LogP contribution in [-0.2, 0) is 4.79 Å². The number of nitrogens with one attached hydrogen (secondary N) is 1. The number of hydrogen-bond acceptors (Lipinski definition) is 4. The molecular weight excluding hydrogens is 407 g/mol. The third-order valence-electron chi connectivity index (χ3n) is 5.56. The predicted molar refractivity (Wildman–Crippen MR) is 127 cm³/mol. The topological polar surface area (TPSA) is 68.2 Å². The molecule has 0 bridgehead atoms. The fraction of sp³-hybridized carbons (Fsp3) is 0.360. The Balaban J connectivity index is 1.92. The molecule has 0 aromatic heterocycles. The van der Waals surface area contributed by atoms with E-state index in [4.69, 9.17) is 4.99 Å². The van der Waals surface area contributed by atoms with E-state index in [0.717, 1.165) is 22.6 Å². The van der Waals surface area contributed by atoms with Crippen LogP contribution in [0.25, 0.3) is 5.70 Å². The number of amides is 1. The van der Waals surface area contributed by atoms with Gasteiger partial charge in [0.15, 0.2) is 0 Å². The van der Waals surface area contributed by atoms with Gasteiger partial charge < -0.3 is 20.2 Å². The van der Waals surface area contributed by atoms with Crippen molar-refractivity contribution in [1.29, 1.82) is 0 Å². The number of rotatable bonds is 6. The molecule has 0 unspecified atom stereocenters. The highest BCUT2D eigenvalue weighted by Crippen LogP contribution is 2.22. The molecule has 0 radical (unpaired) electrons. The average Bonchev–Trinajstić information content (AvgIpc) is 2.79. The van der Waals surface area contributed by atoms with Gasteiger partial charge in [-0.05, 0) is 57.2 Å². The third-order valence-corrected chi connectivity index (χ3v) is 5.56. The second-order valence-corrected chi connectivity index (χ2v) is 8.77. The van der Waals surface area contributed by atoms with Crippen LogP contribution in [-0.4, -0.2) is 59.9 Å². The van der Waals surface area contributed by atoms with Crippen molar-refractivity contribution in [2.45, 2.75) is 20.8 Å². The Morgan fingerprint density at radius 1 is 1.16 bits per heavy atom. The molecule has 2 N–H and O–H groups in total. The fourth-order valence-electron chi connectivity index (χ4n) is 3.30. The number of aliphatic hydroxyl groups is 1. The van der Waals surface area contributed by atoms with E-state index in [1.807, 2.05) is 43.1 Å². The van der Waals surface area contributed by atoms with Gasteiger partial charge in [-0.2, -0.15) is 0 Å². The Morgan fingerprint density at radius 2 is 1.81 bits per heavy atom. The lowest BCUT2D eigenvalue weighted by molar-refractivity contribution is -0.142. The molecule has 1 amide bonds. The molecule has 1 aliphatic rings. The standard InChI is InChI=1S/C25H31FN4O2/c1-18-5-11-21(12-6-18)27-15-22(19-7-9-20(26)10-8-19)28-23-16-30(14-13-29(23)4)24(32)25(2,3)17-31/h5-12,15,27,31H,13-14,16-17H2,1-4H3/b22-15+,28-23?. The Morgan fingerprint density at radius 3 is 2.44 bits per heavy atom. The van der Waals surface area contributed by atoms with Gasteiger partial charge in [0.2, 0.25) is 5.91 Å². The zero-order chi connectivity index (χ0) is 23.3. The highest BCUT2D eigenvalue weighted by Gasteiger charge is 2.34. The van der Waals surface area contributed by atoms with Crippen molar-refractivity contribution in [2.24, 2.45) is 10.4 Å². The largest absolute Gasteiger partial charge is 0.395 e. The number of aliphatic imine (C=N–C) groups is 1. The van der Waals surface area contributed by atoms with Crippen LogP contribution in [0.5, 0.6) is 0 Å². The number of carbonyl (C=O) groups is 1. The number of hydrogen-bond donors (Lipinski definition) is 2. The van der Waals surface area contributed by atoms with Crippen LogP contribution in [0.2, 0.25) is 0 Å². The molecule has 0 atom stereocenters. The maximum Gasteiger partial charge on any atom is 0.231 e. The normalized spacial score (nSPS) is 16.4. The summed E-state index contributed by atoms with van der Waals surface area (Å²) in [5.41, 5.74) is 2.62. The zero-order valence-corrected chi connectivity index (χ0v) is 19.1. The van der Waals surface area contributed by atoms with Gasteiger partial charge in [0.1, 0.15) is 11.7 Å². The molecule has 2 aromatic rings. The van der Waals surface area contributed by atoms with E-state index in [1.165, 1.54) is 12.1 Å². The van der Waals surface area contributed by atoms with Gasteiger partial charge in [-0.25, -0.2) is 9.38 Å². The summed E-state index contributed by atoms with van der Waals surface area (Å²) in [4.78, 5) is 21.5. The van der Waals surface area contributed by atoms with Crippen molar-refractivity contribution in [3.05, 3.63) is 71.7 Å². The number of anilines is 1. The summed E-state index contributed by atoms with van der Waals surface area (Å²) < 4.78 is 13.5. The first-order valence-electron chi connectivity index (χ1n) is 10.7. The van der Waals surface area contributed by atoms with Crippen LogP contribution in [0.3, 0.4) is 0 Å². The summed E-state index contributed by atoms with van der Waals surface area (Å²) in [6.07, 6.45) is 1.79. The number of aliphatic hydroxyl groups excluding tert-OH is 1. The fourth-order valence-corrected chi connectivity index (χ4v) is 3.30. The van der Waals surface area contributed by atoms with E-state index < -0.39 is 5.41 Å². The van der Waals surface area contributed by atoms with E-state index in [2.05, 4.69) is 5.32 Å². The summed E-state index contributed by atoms with van der Waals surface area (Å²) in [6.45, 7) is 6.82. The number of carbonyl (C=O) groups excluding carboxylic acids is 1. The van der Waals surface area contributed by atoms with Crippen molar-refractivity contribution in [3.8, 4) is 0 Å². The molecule has 3 rings (SSSR count). The second-order valence-electron chi connectivity index (χ2n) is 8.77. The van der Waals surface area contributed by atoms with Gasteiger partial charge in [-0.1, -0.05) is 17.7 Å². The van der Waals surface area contributed by atoms with Crippen molar-refractivity contribution < 1.29 is 14.3 Å². The van der Waals surface area contributed by atoms with Crippen LogP contribution >= 0.6 is 0 Å². The number of nitrogens with zero attached hydrogens (tertiary/aromatic N) is 3. The van der Waals surface area contributed by atoms with Crippen LogP contribution in [0, 0.1) is 18.2 Å². The number of piperazine rings is 1. The molecule has 6 nitrogen and oxygen atoms in total. The molecule has 2 aromatic carbocycles. The summed E-state index contributed by atoms with van der Waals surface area (Å²) in [5, 5.41) is 12.9. The minimum atomic E-state index is -0.844. The summed E-state index contributed by atoms with van der Waals surface area (Å²) in [5.74, 6) is 0.301. The van der Waals surface area contributed by atoms with Crippen LogP contribution < -0.4 is 5.32 Å². The minimum absolute atomic E-state index is 0.106. The minimum Gasteiger partial charge on any atom is -0.395 e. The molecule has 0 aliphatic carbocycles. The van der Waals surface area contributed by atoms with Crippen molar-refractivity contribution in [1.82, 2.24) is 9.80 Å². The van der Waals surface area contributed by atoms with Gasteiger partial charge in [-0.15, -0.1) is 0 Å². The van der Waals surface area contributed by atoms with Gasteiger partial charge in [0, 0.05) is 37.6 Å². The van der Waals surface area contributed by atoms with Gasteiger partial charge in [-0.3, -0.25) is 4.79 Å². The number of benzene rings is 2. The van der Waals surface area contributed by atoms with E-state index in [0.29, 0.717) is 25.3 Å². The second kappa shape index (κ2) is 9.96. The molecule has 1 saturated heterocycles. The highest BCUT2D eigenvalue weighted by atomic mass is 19.1. The number of halogens is 1. The predicted octanol–water partition coefficient (Wildman–Crippen LogP) is 3.74. The first-order chi connectivity index (χ1) is 15.2. The summed E-state index contributed by atoms with van der Waals surface area (Å²) in [6, 6.07) is 14.2. The van der Waals surface area contributed by atoms with Crippen molar-refractivity contribution >= 4 is 23.1 Å². The van der Waals surface area contributed by atoms with Gasteiger partial charge in [0.25, 0.3) is 0 Å². The zero-order valence-electron chi connectivity index (χ0n) is 19.1. The lowest BCUT2D eigenvalue weighted by Gasteiger charge is -2.38. The molecule has 170 valence electrons. The number of likely N-dealkylation sites (N-methyl/N-ethyl adjacent to an activating group) is 1. The molecule has 7 heteroatoms. The van der Waals surface area contributed by atoms with E-state index in [1.54, 1.807) is 37.1 Å². The van der Waals surface area contributed by atoms with E-state index in [-0.39, 0.29) is 18.3 Å². The first-order valence-corrected chi connectivity index (χ1v) is 10.7.